The first-order valence-corrected chi connectivity index (χ1v) is 5.21. The summed E-state index contributed by atoms with van der Waals surface area (Å²) in [5, 5.41) is 0.690. The van der Waals surface area contributed by atoms with Crippen LogP contribution in [0.3, 0.4) is 0 Å². The van der Waals surface area contributed by atoms with Crippen LogP contribution in [0.2, 0.25) is 0 Å². The third-order valence-electron chi connectivity index (χ3n) is 1.75. The molecule has 0 aliphatic rings. The lowest BCUT2D eigenvalue weighted by molar-refractivity contribution is 0.108. The molecular formula is C11H8N2OS. The lowest BCUT2D eigenvalue weighted by Gasteiger charge is -1.98. The van der Waals surface area contributed by atoms with Crippen LogP contribution >= 0.6 is 11.8 Å². The van der Waals surface area contributed by atoms with Crippen LogP contribution in [-0.2, 0) is 0 Å². The number of aromatic nitrogens is 2. The van der Waals surface area contributed by atoms with Crippen molar-refractivity contribution < 1.29 is 4.79 Å². The van der Waals surface area contributed by atoms with Crippen molar-refractivity contribution >= 4 is 16.9 Å². The number of hydrogen-bond donors (Lipinski definition) is 0. The number of carbonyl (C=O) groups is 1. The smallest absolute Gasteiger partial charge is 0.225 e. The van der Waals surface area contributed by atoms with Gasteiger partial charge >= 0.3 is 0 Å². The van der Waals surface area contributed by atoms with Crippen molar-refractivity contribution in [3.63, 3.8) is 0 Å². The van der Waals surface area contributed by atoms with Gasteiger partial charge in [0.25, 0.3) is 0 Å². The van der Waals surface area contributed by atoms with Crippen LogP contribution in [0.25, 0.3) is 0 Å². The Balaban J connectivity index is 2.12. The van der Waals surface area contributed by atoms with Gasteiger partial charge in [0.05, 0.1) is 0 Å². The summed E-state index contributed by atoms with van der Waals surface area (Å²) in [6.07, 6.45) is 4.88. The van der Waals surface area contributed by atoms with E-state index in [0.29, 0.717) is 10.6 Å². The minimum atomic E-state index is -0.0175. The Kier molecular flexibility index (Phi) is 3.09. The number of thioether (sulfide) groups is 1. The van der Waals surface area contributed by atoms with Gasteiger partial charge in [-0.15, -0.1) is 0 Å². The van der Waals surface area contributed by atoms with Crippen LogP contribution in [0.1, 0.15) is 10.4 Å². The first-order valence-electron chi connectivity index (χ1n) is 4.39. The van der Waals surface area contributed by atoms with Gasteiger partial charge in [-0.2, -0.15) is 0 Å². The van der Waals surface area contributed by atoms with Gasteiger partial charge in [0.15, 0.2) is 0 Å². The van der Waals surface area contributed by atoms with Gasteiger partial charge in [0.1, 0.15) is 5.03 Å². The largest absolute Gasteiger partial charge is 0.281 e. The highest BCUT2D eigenvalue weighted by molar-refractivity contribution is 8.14. The van der Waals surface area contributed by atoms with Gasteiger partial charge in [-0.05, 0) is 36.0 Å². The molecule has 2 rings (SSSR count). The van der Waals surface area contributed by atoms with Gasteiger partial charge in [0.2, 0.25) is 5.12 Å². The molecule has 2 aromatic rings. The van der Waals surface area contributed by atoms with E-state index in [9.17, 15) is 4.79 Å². The molecule has 0 aromatic carbocycles. The average molecular weight is 216 g/mol. The van der Waals surface area contributed by atoms with Crippen molar-refractivity contribution in [2.24, 2.45) is 0 Å². The molecule has 0 fully saturated rings. The molecule has 0 atom stereocenters. The number of carbonyl (C=O) groups excluding carboxylic acids is 1. The number of nitrogens with zero attached hydrogens (tertiary/aromatic N) is 2. The van der Waals surface area contributed by atoms with Crippen molar-refractivity contribution in [3.05, 3.63) is 54.5 Å². The lowest BCUT2D eigenvalue weighted by Crippen LogP contribution is -1.93. The predicted octanol–water partition coefficient (Wildman–Crippen LogP) is 2.41. The fourth-order valence-corrected chi connectivity index (χ4v) is 1.75. The molecule has 0 unspecified atom stereocenters. The molecule has 0 radical (unpaired) electrons. The Morgan fingerprint density at radius 2 is 1.87 bits per heavy atom. The molecule has 0 aliphatic carbocycles. The molecule has 2 heterocycles. The Morgan fingerprint density at radius 1 is 1.07 bits per heavy atom. The molecule has 0 saturated carbocycles. The summed E-state index contributed by atoms with van der Waals surface area (Å²) in [5.41, 5.74) is 0.639. The van der Waals surface area contributed by atoms with E-state index in [-0.39, 0.29) is 5.12 Å². The van der Waals surface area contributed by atoms with E-state index < -0.39 is 0 Å². The Hall–Kier alpha value is -1.68. The van der Waals surface area contributed by atoms with Gasteiger partial charge < -0.3 is 0 Å². The highest BCUT2D eigenvalue weighted by Crippen LogP contribution is 2.19. The van der Waals surface area contributed by atoms with E-state index >= 15 is 0 Å². The molecule has 4 heteroatoms. The number of pyridine rings is 2. The van der Waals surface area contributed by atoms with Crippen LogP contribution < -0.4 is 0 Å². The van der Waals surface area contributed by atoms with Gasteiger partial charge in [-0.1, -0.05) is 6.07 Å². The van der Waals surface area contributed by atoms with Gasteiger partial charge in [-0.3, -0.25) is 9.78 Å². The second kappa shape index (κ2) is 4.70. The molecule has 2 aromatic heterocycles. The Bertz CT molecular complexity index is 445. The molecule has 0 bridgehead atoms. The summed E-state index contributed by atoms with van der Waals surface area (Å²) in [5.74, 6) is 0. The Labute approximate surface area is 91.6 Å². The monoisotopic (exact) mass is 216 g/mol. The third kappa shape index (κ3) is 2.63. The summed E-state index contributed by atoms with van der Waals surface area (Å²) in [6, 6.07) is 8.87. The quantitative estimate of drug-likeness (QED) is 0.723. The molecule has 74 valence electrons. The maximum absolute atomic E-state index is 11.7. The highest BCUT2D eigenvalue weighted by Gasteiger charge is 2.07. The van der Waals surface area contributed by atoms with Crippen molar-refractivity contribution in [3.8, 4) is 0 Å². The zero-order chi connectivity index (χ0) is 10.5. The first-order chi connectivity index (χ1) is 7.36. The van der Waals surface area contributed by atoms with Crippen molar-refractivity contribution in [1.82, 2.24) is 9.97 Å². The van der Waals surface area contributed by atoms with Crippen LogP contribution in [0.5, 0.6) is 0 Å². The fourth-order valence-electron chi connectivity index (χ4n) is 1.05. The minimum Gasteiger partial charge on any atom is -0.281 e. The van der Waals surface area contributed by atoms with Crippen LogP contribution in [0.4, 0.5) is 0 Å². The summed E-state index contributed by atoms with van der Waals surface area (Å²) < 4.78 is 0. The molecule has 0 aliphatic heterocycles. The molecule has 0 spiro atoms. The van der Waals surface area contributed by atoms with Crippen LogP contribution in [-0.4, -0.2) is 15.1 Å². The zero-order valence-electron chi connectivity index (χ0n) is 7.83. The second-order valence-corrected chi connectivity index (χ2v) is 3.79. The summed E-state index contributed by atoms with van der Waals surface area (Å²) in [6.45, 7) is 0. The van der Waals surface area contributed by atoms with Crippen molar-refractivity contribution in [2.75, 3.05) is 0 Å². The standard InChI is InChI=1S/C11H8N2OS/c14-11(9-4-7-12-8-5-9)15-10-3-1-2-6-13-10/h1-8H. The Morgan fingerprint density at radius 3 is 2.53 bits per heavy atom. The average Bonchev–Trinajstić information content (AvgIpc) is 2.31. The maximum atomic E-state index is 11.7. The van der Waals surface area contributed by atoms with E-state index in [0.717, 1.165) is 11.8 Å². The lowest BCUT2D eigenvalue weighted by atomic mass is 10.3. The third-order valence-corrected chi connectivity index (χ3v) is 2.62. The topological polar surface area (TPSA) is 42.9 Å². The molecule has 0 N–H and O–H groups in total. The van der Waals surface area contributed by atoms with Crippen LogP contribution in [0.15, 0.2) is 53.9 Å². The fraction of sp³-hybridized carbons (Fsp3) is 0. The molecular weight excluding hydrogens is 208 g/mol. The maximum Gasteiger partial charge on any atom is 0.225 e. The summed E-state index contributed by atoms with van der Waals surface area (Å²) >= 11 is 1.12. The van der Waals surface area contributed by atoms with Gasteiger partial charge in [0, 0.05) is 24.2 Å². The number of rotatable bonds is 2. The second-order valence-electron chi connectivity index (χ2n) is 2.79. The van der Waals surface area contributed by atoms with E-state index in [1.165, 1.54) is 0 Å². The summed E-state index contributed by atoms with van der Waals surface area (Å²) in [7, 11) is 0. The number of hydrogen-bond acceptors (Lipinski definition) is 4. The van der Waals surface area contributed by atoms with Gasteiger partial charge in [-0.25, -0.2) is 4.98 Å². The highest BCUT2D eigenvalue weighted by atomic mass is 32.2. The van der Waals surface area contributed by atoms with E-state index in [1.54, 1.807) is 30.7 Å². The van der Waals surface area contributed by atoms with E-state index in [1.807, 2.05) is 18.2 Å². The van der Waals surface area contributed by atoms with E-state index in [2.05, 4.69) is 9.97 Å². The van der Waals surface area contributed by atoms with Crippen LogP contribution in [0, 0.1) is 0 Å². The molecule has 0 amide bonds. The van der Waals surface area contributed by atoms with Crippen molar-refractivity contribution in [2.45, 2.75) is 5.03 Å². The summed E-state index contributed by atoms with van der Waals surface area (Å²) in [4.78, 5) is 19.6. The normalized spacial score (nSPS) is 9.87. The van der Waals surface area contributed by atoms with E-state index in [4.69, 9.17) is 0 Å². The predicted molar refractivity (Wildman–Crippen MR) is 58.7 cm³/mol. The molecule has 3 nitrogen and oxygen atoms in total. The first kappa shape index (κ1) is 9.86. The molecule has 15 heavy (non-hydrogen) atoms. The minimum absolute atomic E-state index is 0.0175. The zero-order valence-corrected chi connectivity index (χ0v) is 8.65. The SMILES string of the molecule is O=C(Sc1ccccn1)c1ccncc1. The molecule has 0 saturated heterocycles. The van der Waals surface area contributed by atoms with Crippen molar-refractivity contribution in [1.29, 1.82) is 0 Å².